The monoisotopic (exact) mass is 338 g/mol. The largest absolute Gasteiger partial charge is 0.370 e. The van der Waals surface area contributed by atoms with E-state index in [2.05, 4.69) is 15.9 Å². The summed E-state index contributed by atoms with van der Waals surface area (Å²) in [5.74, 6) is -0.615. The summed E-state index contributed by atoms with van der Waals surface area (Å²) in [6, 6.07) is 11.3. The zero-order valence-corrected chi connectivity index (χ0v) is 12.3. The van der Waals surface area contributed by atoms with E-state index < -0.39 is 10.7 Å². The Bertz CT molecular complexity index is 649. The van der Waals surface area contributed by atoms with Crippen LogP contribution in [0, 0.1) is 15.9 Å². The highest BCUT2D eigenvalue weighted by Crippen LogP contribution is 2.24. The maximum atomic E-state index is 13.4. The Labute approximate surface area is 124 Å². The van der Waals surface area contributed by atoms with E-state index in [9.17, 15) is 14.5 Å². The van der Waals surface area contributed by atoms with Crippen molar-refractivity contribution in [2.45, 2.75) is 6.54 Å². The van der Waals surface area contributed by atoms with Crippen molar-refractivity contribution in [3.8, 4) is 0 Å². The summed E-state index contributed by atoms with van der Waals surface area (Å²) in [4.78, 5) is 11.9. The number of nitrogens with zero attached hydrogens (tertiary/aromatic N) is 2. The van der Waals surface area contributed by atoms with E-state index >= 15 is 0 Å². The van der Waals surface area contributed by atoms with Crippen LogP contribution in [0.2, 0.25) is 0 Å². The summed E-state index contributed by atoms with van der Waals surface area (Å²) in [6.45, 7) is 0.528. The minimum Gasteiger partial charge on any atom is -0.370 e. The third kappa shape index (κ3) is 3.54. The van der Waals surface area contributed by atoms with Crippen LogP contribution >= 0.6 is 15.9 Å². The standard InChI is InChI=1S/C14H12BrFN2O2/c1-17(9-10-3-2-4-11(15)5-10)13-6-12(16)7-14(8-13)18(19)20/h2-8H,9H2,1H3. The third-order valence-corrected chi connectivity index (χ3v) is 3.32. The summed E-state index contributed by atoms with van der Waals surface area (Å²) in [7, 11) is 1.76. The van der Waals surface area contributed by atoms with Crippen LogP contribution in [0.5, 0.6) is 0 Å². The first-order valence-electron chi connectivity index (χ1n) is 5.86. The van der Waals surface area contributed by atoms with Gasteiger partial charge in [-0.15, -0.1) is 0 Å². The fraction of sp³-hybridized carbons (Fsp3) is 0.143. The smallest absolute Gasteiger partial charge is 0.274 e. The van der Waals surface area contributed by atoms with Gasteiger partial charge in [-0.2, -0.15) is 0 Å². The minimum absolute atomic E-state index is 0.249. The average molecular weight is 339 g/mol. The molecule has 0 spiro atoms. The van der Waals surface area contributed by atoms with Crippen LogP contribution in [0.25, 0.3) is 0 Å². The normalized spacial score (nSPS) is 10.3. The van der Waals surface area contributed by atoms with Gasteiger partial charge in [0.1, 0.15) is 5.82 Å². The molecule has 0 atom stereocenters. The van der Waals surface area contributed by atoms with Gasteiger partial charge in [-0.1, -0.05) is 28.1 Å². The second-order valence-corrected chi connectivity index (χ2v) is 5.33. The molecular formula is C14H12BrFN2O2. The molecule has 0 saturated carbocycles. The number of benzene rings is 2. The summed E-state index contributed by atoms with van der Waals surface area (Å²) in [5.41, 5.74) is 1.24. The molecule has 0 amide bonds. The van der Waals surface area contributed by atoms with Gasteiger partial charge >= 0.3 is 0 Å². The van der Waals surface area contributed by atoms with Crippen LogP contribution in [0.3, 0.4) is 0 Å². The predicted octanol–water partition coefficient (Wildman–Crippen LogP) is 4.13. The lowest BCUT2D eigenvalue weighted by Crippen LogP contribution is -2.16. The van der Waals surface area contributed by atoms with E-state index in [1.54, 1.807) is 11.9 Å². The maximum Gasteiger partial charge on any atom is 0.274 e. The van der Waals surface area contributed by atoms with Crippen molar-refractivity contribution in [3.05, 3.63) is 68.4 Å². The van der Waals surface area contributed by atoms with Crippen molar-refractivity contribution in [2.75, 3.05) is 11.9 Å². The first kappa shape index (κ1) is 14.5. The maximum absolute atomic E-state index is 13.4. The molecular weight excluding hydrogens is 327 g/mol. The molecule has 4 nitrogen and oxygen atoms in total. The fourth-order valence-corrected chi connectivity index (χ4v) is 2.33. The Hall–Kier alpha value is -1.95. The Morgan fingerprint density at radius 1 is 1.30 bits per heavy atom. The van der Waals surface area contributed by atoms with Crippen molar-refractivity contribution in [2.24, 2.45) is 0 Å². The van der Waals surface area contributed by atoms with Crippen LogP contribution in [0.1, 0.15) is 5.56 Å². The second-order valence-electron chi connectivity index (χ2n) is 4.41. The number of rotatable bonds is 4. The van der Waals surface area contributed by atoms with E-state index in [4.69, 9.17) is 0 Å². The first-order valence-corrected chi connectivity index (χ1v) is 6.65. The van der Waals surface area contributed by atoms with Gasteiger partial charge < -0.3 is 4.90 Å². The first-order chi connectivity index (χ1) is 9.45. The molecule has 0 heterocycles. The molecule has 0 aliphatic heterocycles. The summed E-state index contributed by atoms with van der Waals surface area (Å²) >= 11 is 3.38. The van der Waals surface area contributed by atoms with Crippen LogP contribution < -0.4 is 4.90 Å². The SMILES string of the molecule is CN(Cc1cccc(Br)c1)c1cc(F)cc([N+](=O)[O-])c1. The molecule has 0 N–H and O–H groups in total. The van der Waals surface area contributed by atoms with Crippen LogP contribution in [-0.2, 0) is 6.54 Å². The number of anilines is 1. The summed E-state index contributed by atoms with van der Waals surface area (Å²) in [6.07, 6.45) is 0. The number of hydrogen-bond acceptors (Lipinski definition) is 3. The molecule has 0 aromatic heterocycles. The van der Waals surface area contributed by atoms with Gasteiger partial charge in [0.15, 0.2) is 0 Å². The molecule has 2 rings (SSSR count). The van der Waals surface area contributed by atoms with Crippen LogP contribution in [-0.4, -0.2) is 12.0 Å². The van der Waals surface area contributed by atoms with Gasteiger partial charge in [-0.3, -0.25) is 10.1 Å². The molecule has 0 bridgehead atoms. The third-order valence-electron chi connectivity index (χ3n) is 2.83. The van der Waals surface area contributed by atoms with Gasteiger partial charge in [0.2, 0.25) is 0 Å². The fourth-order valence-electron chi connectivity index (χ4n) is 1.89. The van der Waals surface area contributed by atoms with E-state index in [1.165, 1.54) is 12.1 Å². The highest BCUT2D eigenvalue weighted by molar-refractivity contribution is 9.10. The van der Waals surface area contributed by atoms with Gasteiger partial charge in [0, 0.05) is 29.8 Å². The van der Waals surface area contributed by atoms with E-state index in [-0.39, 0.29) is 5.69 Å². The molecule has 20 heavy (non-hydrogen) atoms. The van der Waals surface area contributed by atoms with Gasteiger partial charge in [-0.25, -0.2) is 4.39 Å². The second kappa shape index (κ2) is 6.00. The van der Waals surface area contributed by atoms with Crippen molar-refractivity contribution in [1.29, 1.82) is 0 Å². The molecule has 0 unspecified atom stereocenters. The quantitative estimate of drug-likeness (QED) is 0.621. The lowest BCUT2D eigenvalue weighted by Gasteiger charge is -2.19. The Balaban J connectivity index is 2.25. The van der Waals surface area contributed by atoms with Gasteiger partial charge in [0.25, 0.3) is 5.69 Å². The lowest BCUT2D eigenvalue weighted by atomic mass is 10.2. The number of halogens is 2. The molecule has 104 valence electrons. The molecule has 2 aromatic carbocycles. The highest BCUT2D eigenvalue weighted by atomic mass is 79.9. The average Bonchev–Trinajstić information content (AvgIpc) is 2.37. The number of nitro benzene ring substituents is 1. The topological polar surface area (TPSA) is 46.4 Å². The van der Waals surface area contributed by atoms with Crippen molar-refractivity contribution < 1.29 is 9.31 Å². The summed E-state index contributed by atoms with van der Waals surface area (Å²) < 4.78 is 14.4. The molecule has 0 fully saturated rings. The van der Waals surface area contributed by atoms with Crippen molar-refractivity contribution >= 4 is 27.3 Å². The summed E-state index contributed by atoms with van der Waals surface area (Å²) in [5, 5.41) is 10.7. The predicted molar refractivity (Wildman–Crippen MR) is 79.3 cm³/mol. The number of non-ortho nitro benzene ring substituents is 1. The van der Waals surface area contributed by atoms with E-state index in [1.807, 2.05) is 24.3 Å². The molecule has 2 aromatic rings. The zero-order chi connectivity index (χ0) is 14.7. The molecule has 0 radical (unpaired) electrons. The van der Waals surface area contributed by atoms with Gasteiger partial charge in [-0.05, 0) is 23.8 Å². The number of nitro groups is 1. The Morgan fingerprint density at radius 2 is 2.05 bits per heavy atom. The molecule has 0 aliphatic carbocycles. The Morgan fingerprint density at radius 3 is 2.70 bits per heavy atom. The van der Waals surface area contributed by atoms with Crippen molar-refractivity contribution in [1.82, 2.24) is 0 Å². The van der Waals surface area contributed by atoms with E-state index in [0.29, 0.717) is 12.2 Å². The molecule has 0 saturated heterocycles. The van der Waals surface area contributed by atoms with E-state index in [0.717, 1.165) is 16.1 Å². The molecule has 6 heteroatoms. The lowest BCUT2D eigenvalue weighted by molar-refractivity contribution is -0.385. The molecule has 0 aliphatic rings. The minimum atomic E-state index is -0.615. The number of hydrogen-bond donors (Lipinski definition) is 0. The highest BCUT2D eigenvalue weighted by Gasteiger charge is 2.12. The van der Waals surface area contributed by atoms with Crippen molar-refractivity contribution in [3.63, 3.8) is 0 Å². The van der Waals surface area contributed by atoms with Gasteiger partial charge in [0.05, 0.1) is 11.0 Å². The van der Waals surface area contributed by atoms with Crippen LogP contribution in [0.15, 0.2) is 46.9 Å². The zero-order valence-electron chi connectivity index (χ0n) is 10.7. The van der Waals surface area contributed by atoms with Crippen LogP contribution in [0.4, 0.5) is 15.8 Å². The Kier molecular flexibility index (Phi) is 4.34.